The zero-order valence-corrected chi connectivity index (χ0v) is 16.3. The Bertz CT molecular complexity index is 775. The fraction of sp³-hybridized carbons (Fsp3) is 0.706. The second-order valence-electron chi connectivity index (χ2n) is 7.36. The van der Waals surface area contributed by atoms with Crippen LogP contribution < -0.4 is 15.6 Å². The minimum atomic E-state index is -3.31. The van der Waals surface area contributed by atoms with Crippen molar-refractivity contribution in [2.75, 3.05) is 12.4 Å². The van der Waals surface area contributed by atoms with Crippen LogP contribution in [0, 0.1) is 5.92 Å². The van der Waals surface area contributed by atoms with Crippen LogP contribution in [0.25, 0.3) is 0 Å². The average Bonchev–Trinajstić information content (AvgIpc) is 3.02. The molecule has 26 heavy (non-hydrogen) atoms. The third-order valence-corrected chi connectivity index (χ3v) is 7.69. The van der Waals surface area contributed by atoms with Crippen molar-refractivity contribution in [2.45, 2.75) is 56.3 Å². The molecule has 0 aromatic carbocycles. The summed E-state index contributed by atoms with van der Waals surface area (Å²) in [6.07, 6.45) is 6.80. The summed E-state index contributed by atoms with van der Waals surface area (Å²) in [6.45, 7) is 2.48. The molecule has 7 nitrogen and oxygen atoms in total. The van der Waals surface area contributed by atoms with Gasteiger partial charge in [0.05, 0.1) is 30.5 Å². The number of rotatable bonds is 4. The fourth-order valence-electron chi connectivity index (χ4n) is 4.39. The maximum atomic E-state index is 12.0. The highest BCUT2D eigenvalue weighted by molar-refractivity contribution is 7.89. The summed E-state index contributed by atoms with van der Waals surface area (Å²) in [5.41, 5.74) is 9.65. The first kappa shape index (κ1) is 18.6. The van der Waals surface area contributed by atoms with E-state index in [1.807, 2.05) is 6.20 Å². The zero-order valence-electron chi connectivity index (χ0n) is 14.7. The monoisotopic (exact) mass is 400 g/mol. The molecule has 2 aliphatic heterocycles. The topological polar surface area (TPSA) is 92.4 Å². The Morgan fingerprint density at radius 3 is 2.92 bits per heavy atom. The van der Waals surface area contributed by atoms with Crippen LogP contribution >= 0.6 is 11.6 Å². The number of hydrogen-bond acceptors (Lipinski definition) is 6. The highest BCUT2D eigenvalue weighted by atomic mass is 35.5. The van der Waals surface area contributed by atoms with Crippen molar-refractivity contribution in [3.05, 3.63) is 29.1 Å². The summed E-state index contributed by atoms with van der Waals surface area (Å²) in [4.78, 5) is 4.43. The Hall–Kier alpha value is -0.770. The van der Waals surface area contributed by atoms with Gasteiger partial charge in [0.15, 0.2) is 0 Å². The number of nitrogens with zero attached hydrogens (tertiary/aromatic N) is 1. The Morgan fingerprint density at radius 2 is 2.12 bits per heavy atom. The Labute approximate surface area is 159 Å². The lowest BCUT2D eigenvalue weighted by Crippen LogP contribution is -2.37. The lowest BCUT2D eigenvalue weighted by atomic mass is 9.75. The summed E-state index contributed by atoms with van der Waals surface area (Å²) in [5, 5.41) is 0. The van der Waals surface area contributed by atoms with E-state index in [2.05, 4.69) is 20.6 Å². The van der Waals surface area contributed by atoms with Gasteiger partial charge in [0.25, 0.3) is 0 Å². The molecule has 144 valence electrons. The van der Waals surface area contributed by atoms with Crippen LogP contribution in [-0.4, -0.2) is 37.3 Å². The molecule has 3 N–H and O–H groups in total. The van der Waals surface area contributed by atoms with E-state index in [0.717, 1.165) is 30.4 Å². The van der Waals surface area contributed by atoms with Crippen molar-refractivity contribution in [1.82, 2.24) is 20.6 Å². The second kappa shape index (κ2) is 7.33. The largest absolute Gasteiger partial charge is 0.375 e. The molecule has 3 aliphatic rings. The third-order valence-electron chi connectivity index (χ3n) is 5.86. The Balaban J connectivity index is 1.59. The van der Waals surface area contributed by atoms with Gasteiger partial charge in [-0.1, -0.05) is 0 Å². The molecule has 0 spiro atoms. The molecule has 9 heteroatoms. The number of hydrazine groups is 1. The maximum absolute atomic E-state index is 12.0. The number of halogens is 1. The van der Waals surface area contributed by atoms with Crippen molar-refractivity contribution in [1.29, 1.82) is 0 Å². The van der Waals surface area contributed by atoms with Gasteiger partial charge in [-0.3, -0.25) is 10.4 Å². The molecular formula is C17H25ClN4O3S. The van der Waals surface area contributed by atoms with Gasteiger partial charge in [-0.2, -0.15) is 0 Å². The molecule has 3 heterocycles. The van der Waals surface area contributed by atoms with Crippen LogP contribution in [0.3, 0.4) is 0 Å². The summed E-state index contributed by atoms with van der Waals surface area (Å²) in [5.74, 6) is 0.872. The summed E-state index contributed by atoms with van der Waals surface area (Å²) in [6, 6.07) is -0.0167. The van der Waals surface area contributed by atoms with E-state index < -0.39 is 10.0 Å². The Morgan fingerprint density at radius 1 is 1.31 bits per heavy atom. The molecule has 1 aromatic heterocycles. The van der Waals surface area contributed by atoms with E-state index in [0.29, 0.717) is 31.1 Å². The van der Waals surface area contributed by atoms with Gasteiger partial charge in [0.2, 0.25) is 10.0 Å². The van der Waals surface area contributed by atoms with E-state index in [-0.39, 0.29) is 17.3 Å². The highest BCUT2D eigenvalue weighted by Gasteiger charge is 2.40. The molecular weight excluding hydrogens is 376 g/mol. The first-order valence-electron chi connectivity index (χ1n) is 9.18. The van der Waals surface area contributed by atoms with Gasteiger partial charge >= 0.3 is 0 Å². The summed E-state index contributed by atoms with van der Waals surface area (Å²) >= 11 is 6.32. The minimum Gasteiger partial charge on any atom is -0.375 e. The van der Waals surface area contributed by atoms with E-state index in [9.17, 15) is 8.42 Å². The first-order valence-corrected chi connectivity index (χ1v) is 11.3. The van der Waals surface area contributed by atoms with Gasteiger partial charge < -0.3 is 4.74 Å². The van der Waals surface area contributed by atoms with Crippen molar-refractivity contribution in [3.63, 3.8) is 0 Å². The van der Waals surface area contributed by atoms with Crippen LogP contribution in [0.5, 0.6) is 0 Å². The minimum absolute atomic E-state index is 0.0140. The molecule has 1 saturated carbocycles. The van der Waals surface area contributed by atoms with Crippen LogP contribution in [0.15, 0.2) is 12.4 Å². The van der Waals surface area contributed by atoms with Gasteiger partial charge in [0, 0.05) is 24.4 Å². The second-order valence-corrected chi connectivity index (χ2v) is 9.87. The highest BCUT2D eigenvalue weighted by Crippen LogP contribution is 2.42. The van der Waals surface area contributed by atoms with Gasteiger partial charge in [0.1, 0.15) is 0 Å². The Kier molecular flexibility index (Phi) is 5.24. The summed E-state index contributed by atoms with van der Waals surface area (Å²) in [7, 11) is -3.31. The van der Waals surface area contributed by atoms with Crippen molar-refractivity contribution in [2.24, 2.45) is 5.92 Å². The van der Waals surface area contributed by atoms with Crippen LogP contribution in [0.4, 0.5) is 0 Å². The molecule has 0 radical (unpaired) electrons. The molecule has 0 bridgehead atoms. The molecule has 1 aromatic rings. The van der Waals surface area contributed by atoms with Crippen molar-refractivity contribution < 1.29 is 13.2 Å². The average molecular weight is 401 g/mol. The number of ether oxygens (including phenoxy) is 1. The smallest absolute Gasteiger partial charge is 0.211 e. The number of aromatic nitrogens is 1. The molecule has 2 fully saturated rings. The van der Waals surface area contributed by atoms with E-state index >= 15 is 0 Å². The van der Waals surface area contributed by atoms with Crippen LogP contribution in [0.2, 0.25) is 0 Å². The molecule has 0 amide bonds. The number of fused-ring (bicyclic) bond motifs is 2. The van der Waals surface area contributed by atoms with Crippen molar-refractivity contribution in [3.8, 4) is 0 Å². The predicted octanol–water partition coefficient (Wildman–Crippen LogP) is 1.52. The fourth-order valence-corrected chi connectivity index (χ4v) is 5.55. The number of nitrogens with one attached hydrogen (secondary N) is 3. The van der Waals surface area contributed by atoms with E-state index in [1.165, 1.54) is 5.56 Å². The standard InChI is InChI=1S/C17H25ClN4O3S/c1-2-26(23,24)22-16-9-25-8-14-12(6-19-7-13(14)16)10-3-4-11-15(5-10)20-21-17(11)18/h6-7,10-11,15-17,20-22H,2-5,8-9H2,1H3. The summed E-state index contributed by atoms with van der Waals surface area (Å²) < 4.78 is 32.5. The zero-order chi connectivity index (χ0) is 18.3. The SMILES string of the molecule is CCS(=O)(=O)NC1COCc2c(C3CCC4C(Cl)NNC4C3)cncc21. The van der Waals surface area contributed by atoms with Crippen LogP contribution in [-0.2, 0) is 21.4 Å². The number of alkyl halides is 1. The number of pyridine rings is 1. The lowest BCUT2D eigenvalue weighted by molar-refractivity contribution is 0.0866. The lowest BCUT2D eigenvalue weighted by Gasteiger charge is -2.34. The van der Waals surface area contributed by atoms with Gasteiger partial charge in [-0.05, 0) is 48.8 Å². The van der Waals surface area contributed by atoms with E-state index in [4.69, 9.17) is 16.3 Å². The molecule has 5 atom stereocenters. The number of sulfonamides is 1. The predicted molar refractivity (Wildman–Crippen MR) is 99.0 cm³/mol. The molecule has 1 saturated heterocycles. The van der Waals surface area contributed by atoms with E-state index in [1.54, 1.807) is 13.1 Å². The molecule has 1 aliphatic carbocycles. The molecule has 4 rings (SSSR count). The number of hydrogen-bond donors (Lipinski definition) is 3. The maximum Gasteiger partial charge on any atom is 0.211 e. The normalized spacial score (nSPS) is 34.3. The van der Waals surface area contributed by atoms with Crippen molar-refractivity contribution >= 4 is 21.6 Å². The van der Waals surface area contributed by atoms with Gasteiger partial charge in [-0.25, -0.2) is 18.6 Å². The third kappa shape index (κ3) is 3.50. The first-order chi connectivity index (χ1) is 12.5. The van der Waals surface area contributed by atoms with Crippen LogP contribution in [0.1, 0.15) is 54.8 Å². The molecule has 5 unspecified atom stereocenters. The van der Waals surface area contributed by atoms with Gasteiger partial charge in [-0.15, -0.1) is 11.6 Å². The quantitative estimate of drug-likeness (QED) is 0.524.